The Balaban J connectivity index is 0.00000961. The summed E-state index contributed by atoms with van der Waals surface area (Å²) in [5, 5.41) is 23.4. The number of primary amides is 1. The third-order valence-electron chi connectivity index (χ3n) is 19.4. The molecule has 0 radical (unpaired) electrons. The molecule has 17 nitrogen and oxygen atoms in total. The number of amides is 7. The van der Waals surface area contributed by atoms with Crippen LogP contribution in [0.4, 0.5) is 10.5 Å². The zero-order valence-corrected chi connectivity index (χ0v) is 48.0. The van der Waals surface area contributed by atoms with Crippen LogP contribution in [0.5, 0.6) is 0 Å². The van der Waals surface area contributed by atoms with Gasteiger partial charge in [0.15, 0.2) is 0 Å². The average molecular weight is 1110 g/mol. The minimum absolute atomic E-state index is 0. The molecule has 3 heterocycles. The minimum Gasteiger partial charge on any atom is -1.00 e. The number of ether oxygens (including phenoxy) is 1. The Morgan fingerprint density at radius 3 is 2.22 bits per heavy atom. The van der Waals surface area contributed by atoms with Crippen LogP contribution in [0.15, 0.2) is 49.1 Å². The van der Waals surface area contributed by atoms with Crippen molar-refractivity contribution in [3.05, 3.63) is 54.6 Å². The molecule has 3 aliphatic heterocycles. The summed E-state index contributed by atoms with van der Waals surface area (Å²) >= 11 is 1.69. The van der Waals surface area contributed by atoms with Crippen LogP contribution >= 0.6 is 11.8 Å². The molecule has 3 aliphatic carbocycles. The van der Waals surface area contributed by atoms with Crippen LogP contribution in [0.2, 0.25) is 0 Å². The van der Waals surface area contributed by atoms with E-state index in [1.54, 1.807) is 25.6 Å². The van der Waals surface area contributed by atoms with E-state index in [4.69, 9.17) is 10.5 Å². The van der Waals surface area contributed by atoms with Crippen LogP contribution < -0.4 is 39.4 Å². The van der Waals surface area contributed by atoms with Crippen LogP contribution in [-0.2, 0) is 44.8 Å². The molecule has 6 aliphatic rings. The lowest BCUT2D eigenvalue weighted by atomic mass is 9.44. The molecule has 12 atom stereocenters. The summed E-state index contributed by atoms with van der Waals surface area (Å²) in [5.41, 5.74) is 5.40. The summed E-state index contributed by atoms with van der Waals surface area (Å²) in [7, 11) is 2.33. The number of halogens is 1. The van der Waals surface area contributed by atoms with Crippen molar-refractivity contribution < 1.29 is 65.1 Å². The number of piperidine rings is 1. The van der Waals surface area contributed by atoms with Crippen molar-refractivity contribution in [2.75, 3.05) is 31.2 Å². The van der Waals surface area contributed by atoms with Gasteiger partial charge in [0.25, 0.3) is 11.8 Å². The molecule has 0 aromatic heterocycles. The van der Waals surface area contributed by atoms with E-state index in [0.29, 0.717) is 61.5 Å². The number of Topliss-reactive ketones (excluding diaryl/α,β-unsaturated/α-hetero) is 1. The molecule has 2 saturated heterocycles. The lowest BCUT2D eigenvalue weighted by Gasteiger charge is -2.61. The fraction of sp³-hybridized carbons (Fsp3) is 0.690. The van der Waals surface area contributed by atoms with Crippen LogP contribution in [0.25, 0.3) is 0 Å². The van der Waals surface area contributed by atoms with E-state index in [1.807, 2.05) is 37.3 Å². The zero-order valence-electron chi connectivity index (χ0n) is 46.4. The molecular weight excluding hydrogens is 1020 g/mol. The number of unbranched alkanes of at least 4 members (excludes halogenated alkanes) is 2. The highest BCUT2D eigenvalue weighted by Crippen LogP contribution is 2.68. The van der Waals surface area contributed by atoms with Gasteiger partial charge in [0.1, 0.15) is 30.5 Å². The molecule has 7 N–H and O–H groups in total. The molecule has 7 rings (SSSR count). The molecule has 12 unspecified atom stereocenters. The highest BCUT2D eigenvalue weighted by Gasteiger charge is 2.68. The first-order valence-corrected chi connectivity index (χ1v) is 29.1. The number of thioether (sulfide) groups is 1. The lowest BCUT2D eigenvalue weighted by Crippen LogP contribution is -3.00. The Bertz CT molecular complexity index is 2370. The summed E-state index contributed by atoms with van der Waals surface area (Å²) in [4.78, 5) is 105. The predicted molar refractivity (Wildman–Crippen MR) is 292 cm³/mol. The van der Waals surface area contributed by atoms with E-state index in [2.05, 4.69) is 55.7 Å². The highest BCUT2D eigenvalue weighted by atomic mass is 35.5. The molecular formula is C58H86ClN7O10S. The van der Waals surface area contributed by atoms with Crippen molar-refractivity contribution in [1.29, 1.82) is 0 Å². The number of anilines is 1. The Hall–Kier alpha value is -4.78. The number of aliphatic hydroxyl groups is 1. The van der Waals surface area contributed by atoms with Crippen molar-refractivity contribution >= 4 is 64.8 Å². The van der Waals surface area contributed by atoms with Crippen molar-refractivity contribution in [1.82, 2.24) is 20.9 Å². The molecule has 0 spiro atoms. The number of quaternary nitrogens is 1. The first-order chi connectivity index (χ1) is 35.9. The maximum absolute atomic E-state index is 14.0. The summed E-state index contributed by atoms with van der Waals surface area (Å²) < 4.78 is 7.48. The largest absolute Gasteiger partial charge is 1.00 e. The van der Waals surface area contributed by atoms with Crippen LogP contribution in [0.1, 0.15) is 143 Å². The number of nitrogens with two attached hydrogens (primary N) is 1. The Labute approximate surface area is 466 Å². The number of nitrogens with zero attached hydrogens (tertiary/aromatic N) is 2. The monoisotopic (exact) mass is 1110 g/mol. The van der Waals surface area contributed by atoms with Crippen LogP contribution in [0.3, 0.4) is 0 Å². The van der Waals surface area contributed by atoms with Gasteiger partial charge < -0.3 is 53.7 Å². The molecule has 1 aromatic rings. The Morgan fingerprint density at radius 1 is 0.935 bits per heavy atom. The first kappa shape index (κ1) is 61.4. The number of imide groups is 1. The maximum Gasteiger partial charge on any atom is 0.316 e. The minimum atomic E-state index is -0.990. The fourth-order valence-electron chi connectivity index (χ4n) is 14.5. The molecule has 426 valence electrons. The number of nitrogens with one attached hydrogen (secondary N) is 4. The number of ketones is 1. The maximum atomic E-state index is 14.0. The number of urea groups is 1. The van der Waals surface area contributed by atoms with E-state index in [1.165, 1.54) is 12.2 Å². The molecule has 5 fully saturated rings. The van der Waals surface area contributed by atoms with Crippen molar-refractivity contribution in [2.24, 2.45) is 45.7 Å². The highest BCUT2D eigenvalue weighted by molar-refractivity contribution is 8.00. The Morgan fingerprint density at radius 2 is 1.60 bits per heavy atom. The van der Waals surface area contributed by atoms with Crippen LogP contribution in [0, 0.1) is 39.9 Å². The number of carbonyl (C=O) groups is 8. The van der Waals surface area contributed by atoms with E-state index < -0.39 is 53.0 Å². The standard InChI is InChI=1S/C58H85N7O10S.ClH/c1-9-56(6)32-45(57(7)36(4)24-26-58(37(5)52(56)71)27-25-44(66)51(57)58)75-49(70)34-76-42-30-40-20-21-41(31-42)65(40,8)33-38-16-18-39(19-17-38)61-53(72)43(14-13-28-60-55(59)74)62-54(73)50(35(2)3)63-46(67)15-11-10-12-29-64-47(68)22-23-48(64)69;/h9,16-19,22-23,35-37,40-43,45,50-52,71H,1,10-15,20-21,24-34H2,2-8H3,(H5-,59,60,61,62,63,67,72,73,74);1H. The molecule has 1 aromatic carbocycles. The van der Waals surface area contributed by atoms with E-state index >= 15 is 0 Å². The molecule has 7 amide bonds. The number of aliphatic hydroxyl groups excluding tert-OH is 1. The zero-order chi connectivity index (χ0) is 55.3. The second kappa shape index (κ2) is 25.6. The summed E-state index contributed by atoms with van der Waals surface area (Å²) in [5.74, 6) is -2.23. The molecule has 19 heteroatoms. The van der Waals surface area contributed by atoms with Gasteiger partial charge in [0.2, 0.25) is 17.7 Å². The Kier molecular flexibility index (Phi) is 20.4. The third-order valence-corrected chi connectivity index (χ3v) is 20.6. The van der Waals surface area contributed by atoms with Crippen LogP contribution in [-0.4, -0.2) is 129 Å². The quantitative estimate of drug-likeness (QED) is 0.0305. The lowest BCUT2D eigenvalue weighted by molar-refractivity contribution is -0.960. The van der Waals surface area contributed by atoms with Crippen molar-refractivity contribution in [2.45, 2.75) is 186 Å². The number of carbonyl (C=O) groups excluding carboxylic acids is 8. The van der Waals surface area contributed by atoms with Gasteiger partial charge >= 0.3 is 12.0 Å². The predicted octanol–water partition coefficient (Wildman–Crippen LogP) is 3.47. The van der Waals surface area contributed by atoms with Crippen molar-refractivity contribution in [3.8, 4) is 0 Å². The number of esters is 1. The van der Waals surface area contributed by atoms with Crippen molar-refractivity contribution in [3.63, 3.8) is 0 Å². The molecule has 77 heavy (non-hydrogen) atoms. The van der Waals surface area contributed by atoms with Gasteiger partial charge in [-0.1, -0.05) is 66.2 Å². The second-order valence-corrected chi connectivity index (χ2v) is 25.6. The van der Waals surface area contributed by atoms with E-state index in [-0.39, 0.29) is 103 Å². The van der Waals surface area contributed by atoms with Gasteiger partial charge in [-0.3, -0.25) is 38.5 Å². The van der Waals surface area contributed by atoms with Gasteiger partial charge in [0, 0.05) is 97.0 Å². The van der Waals surface area contributed by atoms with Gasteiger partial charge in [-0.25, -0.2) is 4.79 Å². The van der Waals surface area contributed by atoms with E-state index in [9.17, 15) is 43.5 Å². The molecule has 3 saturated carbocycles. The van der Waals surface area contributed by atoms with Gasteiger partial charge in [0.05, 0.1) is 31.0 Å². The van der Waals surface area contributed by atoms with E-state index in [0.717, 1.165) is 66.4 Å². The fourth-order valence-corrected chi connectivity index (χ4v) is 15.7. The SMILES string of the molecule is C=CC1(C)CC(OC(=O)CSC2CC3CCC(C2)[N+]3(C)Cc2ccc(NC(=O)C(CCCNC(N)=O)NC(=O)C(NC(=O)CCCCCN3C(=O)C=CC3=O)C(C)C)cc2)C2(C)C(C)CCC3(CCC(=O)C32)C(C)C1O.[Cl-]. The number of hydrogen-bond acceptors (Lipinski definition) is 11. The first-order valence-electron chi connectivity index (χ1n) is 28.0. The topological polar surface area (TPSA) is 243 Å². The number of benzene rings is 1. The number of fused-ring (bicyclic) bond motifs is 2. The summed E-state index contributed by atoms with van der Waals surface area (Å²) in [6.07, 6.45) is 13.1. The molecule has 4 bridgehead atoms. The van der Waals surface area contributed by atoms with Gasteiger partial charge in [-0.15, -0.1) is 18.3 Å². The second-order valence-electron chi connectivity index (χ2n) is 24.3. The van der Waals surface area contributed by atoms with Gasteiger partial charge in [-0.2, -0.15) is 0 Å². The van der Waals surface area contributed by atoms with Gasteiger partial charge in [-0.05, 0) is 86.7 Å². The summed E-state index contributed by atoms with van der Waals surface area (Å²) in [6, 6.07) is 5.99. The number of rotatable bonds is 23. The third kappa shape index (κ3) is 13.3. The normalized spacial score (nSPS) is 33.0. The average Bonchev–Trinajstić information content (AvgIpc) is 3.94. The number of hydrogen-bond donors (Lipinski definition) is 6. The smallest absolute Gasteiger partial charge is 0.316 e. The summed E-state index contributed by atoms with van der Waals surface area (Å²) in [6.45, 7) is 17.6.